The number of anilines is 1. The van der Waals surface area contributed by atoms with E-state index in [4.69, 9.17) is 14.6 Å². The van der Waals surface area contributed by atoms with Gasteiger partial charge in [0, 0.05) is 30.7 Å². The first-order valence-electron chi connectivity index (χ1n) is 8.35. The topological polar surface area (TPSA) is 139 Å². The average molecular weight is 393 g/mol. The first-order valence-corrected chi connectivity index (χ1v) is 9.90. The van der Waals surface area contributed by atoms with Crippen LogP contribution in [-0.4, -0.2) is 40.7 Å². The second kappa shape index (κ2) is 9.36. The molecule has 9 nitrogen and oxygen atoms in total. The molecule has 1 aromatic carbocycles. The fraction of sp³-hybridized carbons (Fsp3) is 0.412. The molecule has 10 heteroatoms. The Hall–Kier alpha value is -2.61. The summed E-state index contributed by atoms with van der Waals surface area (Å²) in [7, 11) is -0.534. The fourth-order valence-corrected chi connectivity index (χ4v) is 3.08. The van der Waals surface area contributed by atoms with E-state index in [0.717, 1.165) is 18.2 Å². The Bertz CT molecular complexity index is 940. The van der Waals surface area contributed by atoms with Gasteiger partial charge in [-0.2, -0.15) is 13.7 Å². The normalized spacial score (nSPS) is 11.2. The molecule has 0 fully saturated rings. The van der Waals surface area contributed by atoms with Gasteiger partial charge in [0.15, 0.2) is 11.5 Å². The van der Waals surface area contributed by atoms with Gasteiger partial charge in [0.05, 0.1) is 31.0 Å². The molecule has 27 heavy (non-hydrogen) atoms. The molecule has 2 aromatic rings. The molecule has 146 valence electrons. The van der Waals surface area contributed by atoms with Crippen molar-refractivity contribution in [3.05, 3.63) is 23.9 Å². The molecule has 0 bridgehead atoms. The number of benzene rings is 1. The van der Waals surface area contributed by atoms with Crippen molar-refractivity contribution in [3.8, 4) is 17.6 Å². The van der Waals surface area contributed by atoms with E-state index in [1.807, 2.05) is 0 Å². The zero-order valence-corrected chi connectivity index (χ0v) is 16.1. The summed E-state index contributed by atoms with van der Waals surface area (Å²) in [6, 6.07) is 5.70. The van der Waals surface area contributed by atoms with Gasteiger partial charge in [-0.15, -0.1) is 0 Å². The minimum atomic E-state index is -3.64. The SMILES string of the molecule is COc1cc2ncc(C#N)c(NCCCCCNS(N)(=O)=O)c2cc1OC. The maximum Gasteiger partial charge on any atom is 0.274 e. The minimum absolute atomic E-state index is 0.303. The monoisotopic (exact) mass is 393 g/mol. The summed E-state index contributed by atoms with van der Waals surface area (Å²) in [5.74, 6) is 1.12. The average Bonchev–Trinajstić information content (AvgIpc) is 2.64. The molecule has 2 rings (SSSR count). The van der Waals surface area contributed by atoms with E-state index in [2.05, 4.69) is 21.1 Å². The van der Waals surface area contributed by atoms with Crippen LogP contribution in [0.3, 0.4) is 0 Å². The van der Waals surface area contributed by atoms with E-state index >= 15 is 0 Å². The molecule has 0 spiro atoms. The van der Waals surface area contributed by atoms with Crippen molar-refractivity contribution in [1.82, 2.24) is 9.71 Å². The summed E-state index contributed by atoms with van der Waals surface area (Å²) in [5, 5.41) is 18.3. The predicted molar refractivity (Wildman–Crippen MR) is 103 cm³/mol. The van der Waals surface area contributed by atoms with Crippen LogP contribution in [0.2, 0.25) is 0 Å². The second-order valence-electron chi connectivity index (χ2n) is 5.81. The Kier molecular flexibility index (Phi) is 7.18. The number of hydrogen-bond donors (Lipinski definition) is 3. The molecule has 0 saturated carbocycles. The van der Waals surface area contributed by atoms with Gasteiger partial charge in [0.2, 0.25) is 0 Å². The number of nitrogens with one attached hydrogen (secondary N) is 2. The number of nitrogens with zero attached hydrogens (tertiary/aromatic N) is 2. The number of ether oxygens (including phenoxy) is 2. The van der Waals surface area contributed by atoms with Crippen LogP contribution in [0.4, 0.5) is 5.69 Å². The zero-order chi connectivity index (χ0) is 19.9. The molecule has 0 aliphatic heterocycles. The minimum Gasteiger partial charge on any atom is -0.493 e. The summed E-state index contributed by atoms with van der Waals surface area (Å²) in [5.41, 5.74) is 1.81. The molecule has 0 amide bonds. The van der Waals surface area contributed by atoms with Crippen molar-refractivity contribution in [1.29, 1.82) is 5.26 Å². The summed E-state index contributed by atoms with van der Waals surface area (Å²) in [4.78, 5) is 4.31. The fourth-order valence-electron chi connectivity index (χ4n) is 2.65. The van der Waals surface area contributed by atoms with Gasteiger partial charge in [0.1, 0.15) is 6.07 Å². The lowest BCUT2D eigenvalue weighted by Gasteiger charge is -2.14. The standard InChI is InChI=1S/C17H23N5O4S/c1-25-15-8-13-14(9-16(15)26-2)21-11-12(10-18)17(13)20-6-4-3-5-7-22-27(19,23)24/h8-9,11,22H,3-7H2,1-2H3,(H,20,21)(H2,19,23,24). The van der Waals surface area contributed by atoms with Crippen molar-refractivity contribution < 1.29 is 17.9 Å². The van der Waals surface area contributed by atoms with Crippen molar-refractivity contribution in [2.45, 2.75) is 19.3 Å². The maximum absolute atomic E-state index is 10.8. The molecule has 0 aliphatic carbocycles. The Morgan fingerprint density at radius 3 is 2.44 bits per heavy atom. The van der Waals surface area contributed by atoms with Crippen LogP contribution < -0.4 is 24.7 Å². The molecule has 4 N–H and O–H groups in total. The Balaban J connectivity index is 2.08. The van der Waals surface area contributed by atoms with E-state index in [0.29, 0.717) is 47.8 Å². The number of nitriles is 1. The first kappa shape index (κ1) is 20.7. The third-order valence-corrected chi connectivity index (χ3v) is 4.56. The molecule has 0 radical (unpaired) electrons. The number of hydrogen-bond acceptors (Lipinski definition) is 7. The van der Waals surface area contributed by atoms with Crippen LogP contribution in [0, 0.1) is 11.3 Å². The van der Waals surface area contributed by atoms with Crippen LogP contribution in [0.5, 0.6) is 11.5 Å². The lowest BCUT2D eigenvalue weighted by Crippen LogP contribution is -2.31. The van der Waals surface area contributed by atoms with Gasteiger partial charge in [-0.1, -0.05) is 6.42 Å². The van der Waals surface area contributed by atoms with Crippen LogP contribution in [0.25, 0.3) is 10.9 Å². The lowest BCUT2D eigenvalue weighted by molar-refractivity contribution is 0.356. The predicted octanol–water partition coefficient (Wildman–Crippen LogP) is 1.50. The van der Waals surface area contributed by atoms with Crippen molar-refractivity contribution in [2.75, 3.05) is 32.6 Å². The Morgan fingerprint density at radius 2 is 1.81 bits per heavy atom. The van der Waals surface area contributed by atoms with Gasteiger partial charge >= 0.3 is 0 Å². The van der Waals surface area contributed by atoms with Crippen molar-refractivity contribution in [2.24, 2.45) is 5.14 Å². The molecule has 0 saturated heterocycles. The molecular weight excluding hydrogens is 370 g/mol. The highest BCUT2D eigenvalue weighted by Crippen LogP contribution is 2.35. The number of fused-ring (bicyclic) bond motifs is 1. The van der Waals surface area contributed by atoms with E-state index in [1.165, 1.54) is 6.20 Å². The van der Waals surface area contributed by atoms with Gasteiger partial charge in [-0.3, -0.25) is 4.98 Å². The smallest absolute Gasteiger partial charge is 0.274 e. The lowest BCUT2D eigenvalue weighted by atomic mass is 10.1. The van der Waals surface area contributed by atoms with Crippen molar-refractivity contribution >= 4 is 26.8 Å². The van der Waals surface area contributed by atoms with E-state index in [9.17, 15) is 13.7 Å². The van der Waals surface area contributed by atoms with Crippen LogP contribution in [-0.2, 0) is 10.2 Å². The van der Waals surface area contributed by atoms with Crippen LogP contribution in [0.15, 0.2) is 18.3 Å². The first-order chi connectivity index (χ1) is 12.9. The van der Waals surface area contributed by atoms with E-state index < -0.39 is 10.2 Å². The number of aromatic nitrogens is 1. The summed E-state index contributed by atoms with van der Waals surface area (Å²) in [6.07, 6.45) is 3.80. The number of methoxy groups -OCH3 is 2. The molecule has 1 aromatic heterocycles. The van der Waals surface area contributed by atoms with Crippen molar-refractivity contribution in [3.63, 3.8) is 0 Å². The summed E-state index contributed by atoms with van der Waals surface area (Å²) < 4.78 is 34.5. The van der Waals surface area contributed by atoms with Gasteiger partial charge < -0.3 is 14.8 Å². The van der Waals surface area contributed by atoms with Gasteiger partial charge in [0.25, 0.3) is 10.2 Å². The number of pyridine rings is 1. The third-order valence-electron chi connectivity index (χ3n) is 3.95. The third kappa shape index (κ3) is 5.68. The van der Waals surface area contributed by atoms with Gasteiger partial charge in [-0.25, -0.2) is 9.86 Å². The molecule has 0 aliphatic rings. The molecule has 0 atom stereocenters. The Labute approximate surface area is 158 Å². The molecular formula is C17H23N5O4S. The number of nitrogens with two attached hydrogens (primary N) is 1. The molecule has 1 heterocycles. The van der Waals surface area contributed by atoms with Crippen LogP contribution in [0.1, 0.15) is 24.8 Å². The maximum atomic E-state index is 10.8. The highest BCUT2D eigenvalue weighted by Gasteiger charge is 2.13. The van der Waals surface area contributed by atoms with Gasteiger partial charge in [-0.05, 0) is 18.9 Å². The second-order valence-corrected chi connectivity index (χ2v) is 7.19. The number of rotatable bonds is 10. The quantitative estimate of drug-likeness (QED) is 0.520. The number of unbranched alkanes of at least 4 members (excludes halogenated alkanes) is 2. The molecule has 0 unspecified atom stereocenters. The Morgan fingerprint density at radius 1 is 1.15 bits per heavy atom. The van der Waals surface area contributed by atoms with E-state index in [-0.39, 0.29) is 0 Å². The highest BCUT2D eigenvalue weighted by atomic mass is 32.2. The van der Waals surface area contributed by atoms with E-state index in [1.54, 1.807) is 26.4 Å². The highest BCUT2D eigenvalue weighted by molar-refractivity contribution is 7.87. The zero-order valence-electron chi connectivity index (χ0n) is 15.3. The largest absolute Gasteiger partial charge is 0.493 e. The summed E-state index contributed by atoms with van der Waals surface area (Å²) >= 11 is 0. The van der Waals surface area contributed by atoms with Crippen LogP contribution >= 0.6 is 0 Å². The summed E-state index contributed by atoms with van der Waals surface area (Å²) in [6.45, 7) is 0.926.